The highest BCUT2D eigenvalue weighted by Crippen LogP contribution is 2.35. The predicted molar refractivity (Wildman–Crippen MR) is 143 cm³/mol. The summed E-state index contributed by atoms with van der Waals surface area (Å²) in [5.74, 6) is 0. The fraction of sp³-hybridized carbons (Fsp3) is 0. The Kier molecular flexibility index (Phi) is 2.70. The molecule has 1 heteroatoms. The molecular weight excluding hydrogens is 420 g/mol. The first-order valence-corrected chi connectivity index (χ1v) is 10.5. The van der Waals surface area contributed by atoms with E-state index in [9.17, 15) is 0 Å². The van der Waals surface area contributed by atoms with Crippen LogP contribution in [0.5, 0.6) is 0 Å². The normalized spacial score (nSPS) is 16.3. The van der Waals surface area contributed by atoms with Crippen LogP contribution in [0.2, 0.25) is 5.02 Å². The molecule has 0 aliphatic carbocycles. The molecule has 6 rings (SSSR count). The molecule has 0 aromatic heterocycles. The van der Waals surface area contributed by atoms with Gasteiger partial charge < -0.3 is 0 Å². The molecule has 0 N–H and O–H groups in total. The Hall–Kier alpha value is -3.87. The second-order valence-electron chi connectivity index (χ2n) is 7.51. The zero-order chi connectivity index (χ0) is 32.6. The lowest BCUT2D eigenvalue weighted by Gasteiger charge is -2.11. The van der Waals surface area contributed by atoms with Crippen molar-refractivity contribution in [2.45, 2.75) is 0 Å². The van der Waals surface area contributed by atoms with Crippen LogP contribution in [0.1, 0.15) is 16.4 Å². The molecule has 0 aliphatic heterocycles. The summed E-state index contributed by atoms with van der Waals surface area (Å²) < 4.78 is 99.2. The van der Waals surface area contributed by atoms with Crippen LogP contribution in [0, 0.1) is 0 Å². The van der Waals surface area contributed by atoms with Gasteiger partial charge in [0.2, 0.25) is 0 Å². The van der Waals surface area contributed by atoms with E-state index in [2.05, 4.69) is 0 Å². The van der Waals surface area contributed by atoms with Gasteiger partial charge in [-0.15, -0.1) is 0 Å². The SMILES string of the molecule is [2H]c1c([2H])c([2H])c(-c2ccc3cc(-c4cc(Cl)cc(-c5c([2H])c([2H])c([2H])c6c([2H])c([2H])c([2H])c([2H])c56)c4)ccc3c2)c([2H])c1[2H]. The number of rotatable bonds is 3. The van der Waals surface area contributed by atoms with Gasteiger partial charge in [-0.05, 0) is 85.3 Å². The fourth-order valence-electron chi connectivity index (χ4n) is 3.90. The Morgan fingerprint density at radius 1 is 0.455 bits per heavy atom. The van der Waals surface area contributed by atoms with E-state index < -0.39 is 54.4 Å². The largest absolute Gasteiger partial charge is 0.0843 e. The lowest BCUT2D eigenvalue weighted by Crippen LogP contribution is -1.85. The van der Waals surface area contributed by atoms with Gasteiger partial charge in [-0.3, -0.25) is 0 Å². The number of halogens is 1. The summed E-state index contributed by atoms with van der Waals surface area (Å²) >= 11 is 6.55. The molecule has 0 heterocycles. The molecule has 0 saturated heterocycles. The van der Waals surface area contributed by atoms with E-state index in [4.69, 9.17) is 28.1 Å². The molecule has 0 bridgehead atoms. The van der Waals surface area contributed by atoms with Crippen molar-refractivity contribution < 1.29 is 16.4 Å². The highest BCUT2D eigenvalue weighted by Gasteiger charge is 2.09. The third-order valence-corrected chi connectivity index (χ3v) is 5.68. The van der Waals surface area contributed by atoms with Gasteiger partial charge in [-0.1, -0.05) is 108 Å². The van der Waals surface area contributed by atoms with Crippen LogP contribution >= 0.6 is 11.6 Å². The zero-order valence-electron chi connectivity index (χ0n) is 29.1. The Labute approximate surface area is 215 Å². The molecular formula is C32H21Cl. The van der Waals surface area contributed by atoms with E-state index in [0.717, 1.165) is 16.3 Å². The number of hydrogen-bond donors (Lipinski definition) is 0. The number of hydrogen-bond acceptors (Lipinski definition) is 0. The van der Waals surface area contributed by atoms with E-state index in [1.54, 1.807) is 36.4 Å². The van der Waals surface area contributed by atoms with Crippen molar-refractivity contribution >= 4 is 33.1 Å². The first-order chi connectivity index (χ1) is 21.2. The molecule has 0 amide bonds. The second kappa shape index (κ2) is 8.24. The third kappa shape index (κ3) is 3.80. The van der Waals surface area contributed by atoms with Crippen LogP contribution in [0.25, 0.3) is 54.9 Å². The monoisotopic (exact) mass is 452 g/mol. The Morgan fingerprint density at radius 3 is 1.88 bits per heavy atom. The number of benzene rings is 6. The van der Waals surface area contributed by atoms with Crippen LogP contribution in [0.3, 0.4) is 0 Å². The molecule has 0 nitrogen and oxygen atoms in total. The van der Waals surface area contributed by atoms with E-state index in [-0.39, 0.29) is 45.0 Å². The maximum atomic E-state index is 8.70. The molecule has 0 radical (unpaired) electrons. The van der Waals surface area contributed by atoms with Gasteiger partial charge in [0.1, 0.15) is 0 Å². The van der Waals surface area contributed by atoms with Gasteiger partial charge in [0.05, 0.1) is 16.4 Å². The first-order valence-electron chi connectivity index (χ1n) is 16.1. The van der Waals surface area contributed by atoms with Crippen LogP contribution in [0.15, 0.2) is 127 Å². The van der Waals surface area contributed by atoms with Gasteiger partial charge in [0, 0.05) is 5.02 Å². The van der Waals surface area contributed by atoms with Crippen molar-refractivity contribution in [1.29, 1.82) is 0 Å². The maximum Gasteiger partial charge on any atom is 0.0629 e. The molecule has 156 valence electrons. The van der Waals surface area contributed by atoms with Gasteiger partial charge >= 0.3 is 0 Å². The summed E-state index contributed by atoms with van der Waals surface area (Å²) in [6.07, 6.45) is 0. The minimum Gasteiger partial charge on any atom is -0.0843 e. The highest BCUT2D eigenvalue weighted by atomic mass is 35.5. The molecule has 0 unspecified atom stereocenters. The molecule has 0 fully saturated rings. The summed E-state index contributed by atoms with van der Waals surface area (Å²) in [6.45, 7) is 0. The second-order valence-corrected chi connectivity index (χ2v) is 7.94. The van der Waals surface area contributed by atoms with E-state index in [1.165, 1.54) is 0 Å². The molecule has 6 aromatic rings. The first kappa shape index (κ1) is 10.8. The van der Waals surface area contributed by atoms with Crippen molar-refractivity contribution in [2.24, 2.45) is 0 Å². The quantitative estimate of drug-likeness (QED) is 0.250. The lowest BCUT2D eigenvalue weighted by molar-refractivity contribution is 1.61. The van der Waals surface area contributed by atoms with Crippen LogP contribution in [-0.2, 0) is 0 Å². The molecule has 33 heavy (non-hydrogen) atoms. The van der Waals surface area contributed by atoms with Crippen molar-refractivity contribution in [1.82, 2.24) is 0 Å². The summed E-state index contributed by atoms with van der Waals surface area (Å²) in [7, 11) is 0. The van der Waals surface area contributed by atoms with Gasteiger partial charge in [-0.2, -0.15) is 0 Å². The number of fused-ring (bicyclic) bond motifs is 2. The highest BCUT2D eigenvalue weighted by molar-refractivity contribution is 6.31. The fourth-order valence-corrected chi connectivity index (χ4v) is 4.14. The summed E-state index contributed by atoms with van der Waals surface area (Å²) in [6, 6.07) is 10.7. The average Bonchev–Trinajstić information content (AvgIpc) is 3.02. The van der Waals surface area contributed by atoms with Gasteiger partial charge in [0.15, 0.2) is 0 Å². The van der Waals surface area contributed by atoms with E-state index in [1.807, 2.05) is 18.2 Å². The topological polar surface area (TPSA) is 0 Å². The molecule has 0 atom stereocenters. The predicted octanol–water partition coefficient (Wildman–Crippen LogP) is 9.65. The Bertz CT molecular complexity index is 2220. The van der Waals surface area contributed by atoms with Gasteiger partial charge in [-0.25, -0.2) is 0 Å². The Balaban J connectivity index is 1.52. The van der Waals surface area contributed by atoms with Crippen molar-refractivity contribution in [3.05, 3.63) is 132 Å². The van der Waals surface area contributed by atoms with Crippen molar-refractivity contribution in [2.75, 3.05) is 0 Å². The van der Waals surface area contributed by atoms with E-state index >= 15 is 0 Å². The average molecular weight is 453 g/mol. The minimum atomic E-state index is -0.526. The summed E-state index contributed by atoms with van der Waals surface area (Å²) in [5, 5.41) is 1.66. The maximum absolute atomic E-state index is 8.70. The van der Waals surface area contributed by atoms with Crippen LogP contribution in [-0.4, -0.2) is 0 Å². The summed E-state index contributed by atoms with van der Waals surface area (Å²) in [4.78, 5) is 0. The molecule has 0 aliphatic rings. The van der Waals surface area contributed by atoms with Crippen LogP contribution in [0.4, 0.5) is 0 Å². The van der Waals surface area contributed by atoms with Crippen LogP contribution < -0.4 is 0 Å². The van der Waals surface area contributed by atoms with E-state index in [0.29, 0.717) is 16.7 Å². The summed E-state index contributed by atoms with van der Waals surface area (Å²) in [5.41, 5.74) is 2.36. The van der Waals surface area contributed by atoms with Crippen molar-refractivity contribution in [3.63, 3.8) is 0 Å². The zero-order valence-corrected chi connectivity index (χ0v) is 17.8. The third-order valence-electron chi connectivity index (χ3n) is 5.46. The standard InChI is InChI=1S/C32H21Cl/c33-30-20-28(19-29(21-30)32-12-6-10-23-9-4-5-11-31(23)32)27-16-15-25-17-24(13-14-26(25)18-27)22-7-2-1-3-8-22/h1-21H/i1D,2D,3D,4D,5D,6D,7D,8D,9D,10D,11D,12D. The minimum absolute atomic E-state index is 0.0288. The smallest absolute Gasteiger partial charge is 0.0629 e. The lowest BCUT2D eigenvalue weighted by atomic mass is 9.94. The molecule has 0 spiro atoms. The van der Waals surface area contributed by atoms with Crippen molar-refractivity contribution in [3.8, 4) is 33.4 Å². The Morgan fingerprint density at radius 2 is 1.09 bits per heavy atom. The molecule has 6 aromatic carbocycles. The van der Waals surface area contributed by atoms with Gasteiger partial charge in [0.25, 0.3) is 0 Å². The molecule has 0 saturated carbocycles.